The first kappa shape index (κ1) is 15.6. The maximum atomic E-state index is 11.6. The van der Waals surface area contributed by atoms with Crippen molar-refractivity contribution in [1.29, 1.82) is 0 Å². The lowest BCUT2D eigenvalue weighted by atomic mass is 10.1. The lowest BCUT2D eigenvalue weighted by Gasteiger charge is -2.11. The standard InChI is InChI=1S/C18H18N4O2/c1-2-19-18(24)22-17-10-12-4-3-5-16(15(12)11-20-17)21-13-6-8-14(23)9-7-13/h3-11,21,23H,2H2,1H3,(H2,19,20,22,24). The molecule has 0 bridgehead atoms. The van der Waals surface area contributed by atoms with Gasteiger partial charge in [0.2, 0.25) is 0 Å². The topological polar surface area (TPSA) is 86.3 Å². The molecule has 2 amide bonds. The number of hydrogen-bond donors (Lipinski definition) is 4. The summed E-state index contributed by atoms with van der Waals surface area (Å²) in [6.45, 7) is 2.41. The molecule has 2 aromatic carbocycles. The monoisotopic (exact) mass is 322 g/mol. The van der Waals surface area contributed by atoms with E-state index in [1.54, 1.807) is 30.5 Å². The van der Waals surface area contributed by atoms with Crippen LogP contribution < -0.4 is 16.0 Å². The van der Waals surface area contributed by atoms with Crippen LogP contribution in [0.4, 0.5) is 22.0 Å². The average molecular weight is 322 g/mol. The van der Waals surface area contributed by atoms with Crippen LogP contribution in [0.1, 0.15) is 6.92 Å². The first-order valence-corrected chi connectivity index (χ1v) is 7.65. The van der Waals surface area contributed by atoms with E-state index in [4.69, 9.17) is 0 Å². The van der Waals surface area contributed by atoms with Crippen LogP contribution in [0.15, 0.2) is 54.7 Å². The molecule has 24 heavy (non-hydrogen) atoms. The second-order valence-corrected chi connectivity index (χ2v) is 5.25. The minimum atomic E-state index is -0.275. The van der Waals surface area contributed by atoms with E-state index in [1.807, 2.05) is 31.2 Å². The van der Waals surface area contributed by atoms with Gasteiger partial charge in [-0.1, -0.05) is 12.1 Å². The Morgan fingerprint density at radius 2 is 1.96 bits per heavy atom. The minimum absolute atomic E-state index is 0.223. The first-order chi connectivity index (χ1) is 11.7. The van der Waals surface area contributed by atoms with Crippen molar-refractivity contribution in [3.05, 3.63) is 54.7 Å². The highest BCUT2D eigenvalue weighted by Gasteiger charge is 2.06. The van der Waals surface area contributed by atoms with E-state index < -0.39 is 0 Å². The van der Waals surface area contributed by atoms with Gasteiger partial charge in [-0.05, 0) is 48.7 Å². The number of carbonyl (C=O) groups is 1. The Balaban J connectivity index is 1.87. The maximum absolute atomic E-state index is 11.6. The lowest BCUT2D eigenvalue weighted by molar-refractivity contribution is 0.252. The van der Waals surface area contributed by atoms with Gasteiger partial charge in [0.1, 0.15) is 11.6 Å². The molecule has 0 spiro atoms. The van der Waals surface area contributed by atoms with Gasteiger partial charge in [-0.25, -0.2) is 9.78 Å². The van der Waals surface area contributed by atoms with Gasteiger partial charge in [0.05, 0.1) is 0 Å². The molecule has 4 N–H and O–H groups in total. The van der Waals surface area contributed by atoms with Crippen LogP contribution in [0.2, 0.25) is 0 Å². The number of rotatable bonds is 4. The largest absolute Gasteiger partial charge is 0.508 e. The molecule has 3 rings (SSSR count). The molecule has 0 radical (unpaired) electrons. The number of urea groups is 1. The van der Waals surface area contributed by atoms with Crippen molar-refractivity contribution in [1.82, 2.24) is 10.3 Å². The van der Waals surface area contributed by atoms with E-state index in [0.29, 0.717) is 12.4 Å². The maximum Gasteiger partial charge on any atom is 0.320 e. The molecule has 0 unspecified atom stereocenters. The smallest absolute Gasteiger partial charge is 0.320 e. The average Bonchev–Trinajstić information content (AvgIpc) is 2.57. The number of phenols is 1. The van der Waals surface area contributed by atoms with Crippen molar-refractivity contribution in [2.45, 2.75) is 6.92 Å². The number of phenolic OH excluding ortho intramolecular Hbond substituents is 1. The molecule has 0 fully saturated rings. The van der Waals surface area contributed by atoms with Crippen molar-refractivity contribution in [2.75, 3.05) is 17.2 Å². The molecule has 6 heteroatoms. The number of nitrogens with zero attached hydrogens (tertiary/aromatic N) is 1. The van der Waals surface area contributed by atoms with Crippen LogP contribution in [0.25, 0.3) is 10.8 Å². The summed E-state index contributed by atoms with van der Waals surface area (Å²) in [6, 6.07) is 14.2. The van der Waals surface area contributed by atoms with Crippen LogP contribution in [-0.2, 0) is 0 Å². The zero-order valence-electron chi connectivity index (χ0n) is 13.2. The molecule has 1 heterocycles. The Hall–Kier alpha value is -3.28. The predicted octanol–water partition coefficient (Wildman–Crippen LogP) is 3.83. The van der Waals surface area contributed by atoms with Gasteiger partial charge >= 0.3 is 6.03 Å². The van der Waals surface area contributed by atoms with E-state index in [9.17, 15) is 9.90 Å². The number of carbonyl (C=O) groups excluding carboxylic acids is 1. The number of anilines is 3. The van der Waals surface area contributed by atoms with Gasteiger partial charge in [-0.2, -0.15) is 0 Å². The number of amides is 2. The summed E-state index contributed by atoms with van der Waals surface area (Å²) in [6.07, 6.45) is 1.72. The summed E-state index contributed by atoms with van der Waals surface area (Å²) in [5, 5.41) is 19.9. The van der Waals surface area contributed by atoms with Crippen LogP contribution >= 0.6 is 0 Å². The highest BCUT2D eigenvalue weighted by molar-refractivity contribution is 5.97. The van der Waals surface area contributed by atoms with Gasteiger partial charge in [-0.15, -0.1) is 0 Å². The molecular weight excluding hydrogens is 304 g/mol. The predicted molar refractivity (Wildman–Crippen MR) is 95.8 cm³/mol. The third kappa shape index (κ3) is 3.55. The highest BCUT2D eigenvalue weighted by Crippen LogP contribution is 2.27. The van der Waals surface area contributed by atoms with Crippen molar-refractivity contribution >= 4 is 34.0 Å². The van der Waals surface area contributed by atoms with Crippen molar-refractivity contribution < 1.29 is 9.90 Å². The Bertz CT molecular complexity index is 863. The second kappa shape index (κ2) is 6.87. The lowest BCUT2D eigenvalue weighted by Crippen LogP contribution is -2.28. The summed E-state index contributed by atoms with van der Waals surface area (Å²) in [5.74, 6) is 0.719. The van der Waals surface area contributed by atoms with Gasteiger partial charge in [0.25, 0.3) is 0 Å². The normalized spacial score (nSPS) is 10.4. The number of aromatic hydroxyl groups is 1. The van der Waals surface area contributed by atoms with E-state index in [1.165, 1.54) is 0 Å². The number of hydrogen-bond acceptors (Lipinski definition) is 4. The number of benzene rings is 2. The molecule has 1 aromatic heterocycles. The SMILES string of the molecule is CCNC(=O)Nc1cc2cccc(Nc3ccc(O)cc3)c2cn1. The fourth-order valence-electron chi connectivity index (χ4n) is 2.37. The molecule has 0 aliphatic rings. The van der Waals surface area contributed by atoms with Crippen molar-refractivity contribution in [2.24, 2.45) is 0 Å². The summed E-state index contributed by atoms with van der Waals surface area (Å²) in [5.41, 5.74) is 1.76. The number of fused-ring (bicyclic) bond motifs is 1. The van der Waals surface area contributed by atoms with Gasteiger partial charge in [-0.3, -0.25) is 5.32 Å². The van der Waals surface area contributed by atoms with Gasteiger partial charge in [0.15, 0.2) is 0 Å². The Kier molecular flexibility index (Phi) is 4.47. The second-order valence-electron chi connectivity index (χ2n) is 5.25. The van der Waals surface area contributed by atoms with Gasteiger partial charge in [0, 0.05) is 29.5 Å². The van der Waals surface area contributed by atoms with E-state index in [2.05, 4.69) is 20.9 Å². The molecule has 6 nitrogen and oxygen atoms in total. The molecule has 122 valence electrons. The molecule has 0 saturated carbocycles. The van der Waals surface area contributed by atoms with E-state index in [-0.39, 0.29) is 11.8 Å². The van der Waals surface area contributed by atoms with Crippen molar-refractivity contribution in [3.8, 4) is 5.75 Å². The summed E-state index contributed by atoms with van der Waals surface area (Å²) >= 11 is 0. The van der Waals surface area contributed by atoms with Crippen LogP contribution in [0, 0.1) is 0 Å². The molecular formula is C18H18N4O2. The quantitative estimate of drug-likeness (QED) is 0.550. The fourth-order valence-corrected chi connectivity index (χ4v) is 2.37. The highest BCUT2D eigenvalue weighted by atomic mass is 16.3. The molecule has 0 aliphatic heterocycles. The number of pyridine rings is 1. The number of aromatic nitrogens is 1. The zero-order chi connectivity index (χ0) is 16.9. The van der Waals surface area contributed by atoms with Crippen LogP contribution in [0.3, 0.4) is 0 Å². The zero-order valence-corrected chi connectivity index (χ0v) is 13.2. The molecule has 3 aromatic rings. The third-order valence-electron chi connectivity index (χ3n) is 3.49. The van der Waals surface area contributed by atoms with Crippen LogP contribution in [-0.4, -0.2) is 22.7 Å². The summed E-state index contributed by atoms with van der Waals surface area (Å²) in [7, 11) is 0. The van der Waals surface area contributed by atoms with E-state index in [0.717, 1.165) is 22.1 Å². The third-order valence-corrected chi connectivity index (χ3v) is 3.49. The summed E-state index contributed by atoms with van der Waals surface area (Å²) < 4.78 is 0. The molecule has 0 saturated heterocycles. The van der Waals surface area contributed by atoms with E-state index >= 15 is 0 Å². The first-order valence-electron chi connectivity index (χ1n) is 7.65. The van der Waals surface area contributed by atoms with Crippen LogP contribution in [0.5, 0.6) is 5.75 Å². The Labute approximate surface area is 139 Å². The number of nitrogens with one attached hydrogen (secondary N) is 3. The van der Waals surface area contributed by atoms with Crippen molar-refractivity contribution in [3.63, 3.8) is 0 Å². The fraction of sp³-hybridized carbons (Fsp3) is 0.111. The molecule has 0 atom stereocenters. The Morgan fingerprint density at radius 3 is 2.71 bits per heavy atom. The molecule has 0 aliphatic carbocycles. The van der Waals surface area contributed by atoms with Gasteiger partial charge < -0.3 is 15.7 Å². The summed E-state index contributed by atoms with van der Waals surface area (Å²) in [4.78, 5) is 15.9. The Morgan fingerprint density at radius 1 is 1.17 bits per heavy atom. The minimum Gasteiger partial charge on any atom is -0.508 e.